The fourth-order valence-corrected chi connectivity index (χ4v) is 3.88. The smallest absolute Gasteiger partial charge is 0.475 e. The van der Waals surface area contributed by atoms with Gasteiger partial charge in [-0.3, -0.25) is 14.7 Å². The number of aliphatic carboxylic acids is 1. The van der Waals surface area contributed by atoms with Gasteiger partial charge in [-0.15, -0.1) is 0 Å². The van der Waals surface area contributed by atoms with Crippen molar-refractivity contribution in [3.63, 3.8) is 0 Å². The fraction of sp³-hybridized carbons (Fsp3) is 0.500. The lowest BCUT2D eigenvalue weighted by molar-refractivity contribution is -0.192. The van der Waals surface area contributed by atoms with Gasteiger partial charge >= 0.3 is 12.1 Å². The Balaban J connectivity index is 0.000000360. The van der Waals surface area contributed by atoms with E-state index in [4.69, 9.17) is 14.6 Å². The van der Waals surface area contributed by atoms with E-state index in [9.17, 15) is 18.0 Å². The van der Waals surface area contributed by atoms with Crippen molar-refractivity contribution < 1.29 is 32.6 Å². The van der Waals surface area contributed by atoms with Gasteiger partial charge < -0.3 is 19.7 Å². The molecule has 3 atom stereocenters. The molecule has 9 nitrogen and oxygen atoms in total. The Bertz CT molecular complexity index is 921. The number of carboxylic acids is 1. The number of nitrogens with one attached hydrogen (secondary N) is 1. The van der Waals surface area contributed by atoms with Crippen molar-refractivity contribution in [2.75, 3.05) is 13.2 Å². The maximum Gasteiger partial charge on any atom is 0.490 e. The first kappa shape index (κ1) is 23.7. The number of nitrogens with zero attached hydrogens (tertiary/aromatic N) is 4. The Morgan fingerprint density at radius 2 is 2.03 bits per heavy atom. The number of likely N-dealkylation sites (tertiary alicyclic amines) is 1. The van der Waals surface area contributed by atoms with Gasteiger partial charge in [-0.05, 0) is 25.0 Å². The molecule has 2 saturated heterocycles. The largest absolute Gasteiger partial charge is 0.490 e. The van der Waals surface area contributed by atoms with Gasteiger partial charge in [0.25, 0.3) is 5.91 Å². The lowest BCUT2D eigenvalue weighted by atomic mass is 10.0. The number of hydrogen-bond acceptors (Lipinski definition) is 6. The molecule has 32 heavy (non-hydrogen) atoms. The van der Waals surface area contributed by atoms with Crippen molar-refractivity contribution in [2.24, 2.45) is 7.05 Å². The molecular weight excluding hydrogens is 431 g/mol. The summed E-state index contributed by atoms with van der Waals surface area (Å²) in [6.45, 7) is 2.30. The van der Waals surface area contributed by atoms with Crippen LogP contribution in [0.15, 0.2) is 36.8 Å². The molecule has 4 heterocycles. The van der Waals surface area contributed by atoms with E-state index < -0.39 is 12.1 Å². The normalized spacial score (nSPS) is 23.1. The average molecular weight is 455 g/mol. The molecule has 0 aromatic carbocycles. The molecule has 2 aromatic rings. The number of carboxylic acid groups (broad SMARTS) is 1. The van der Waals surface area contributed by atoms with Gasteiger partial charge in [-0.1, -0.05) is 6.07 Å². The summed E-state index contributed by atoms with van der Waals surface area (Å²) in [6, 6.07) is 6.27. The summed E-state index contributed by atoms with van der Waals surface area (Å²) in [5.74, 6) is -2.48. The number of alkyl halides is 3. The van der Waals surface area contributed by atoms with Crippen LogP contribution in [0, 0.1) is 0 Å². The van der Waals surface area contributed by atoms with E-state index in [1.807, 2.05) is 31.4 Å². The van der Waals surface area contributed by atoms with Gasteiger partial charge in [0.05, 0.1) is 17.8 Å². The van der Waals surface area contributed by atoms with E-state index in [0.717, 1.165) is 38.2 Å². The van der Waals surface area contributed by atoms with E-state index in [-0.39, 0.29) is 18.1 Å². The van der Waals surface area contributed by atoms with Crippen molar-refractivity contribution in [1.82, 2.24) is 24.8 Å². The van der Waals surface area contributed by atoms with Gasteiger partial charge in [0, 0.05) is 51.4 Å². The number of aryl methyl sites for hydroxylation is 1. The predicted octanol–water partition coefficient (Wildman–Crippen LogP) is 1.61. The zero-order chi connectivity index (χ0) is 23.3. The van der Waals surface area contributed by atoms with Gasteiger partial charge in [-0.2, -0.15) is 13.2 Å². The van der Waals surface area contributed by atoms with Crippen LogP contribution in [0.25, 0.3) is 0 Å². The molecule has 0 spiro atoms. The highest BCUT2D eigenvalue weighted by Gasteiger charge is 2.44. The quantitative estimate of drug-likeness (QED) is 0.721. The molecule has 174 valence electrons. The second-order valence-corrected chi connectivity index (χ2v) is 7.54. The summed E-state index contributed by atoms with van der Waals surface area (Å²) in [4.78, 5) is 32.4. The van der Waals surface area contributed by atoms with Crippen LogP contribution in [-0.2, 0) is 23.1 Å². The Kier molecular flexibility index (Phi) is 7.46. The van der Waals surface area contributed by atoms with Crippen LogP contribution in [0.2, 0.25) is 0 Å². The fourth-order valence-electron chi connectivity index (χ4n) is 3.88. The SMILES string of the molecule is Cn1ccnc1C(=O)N[C@@H]1CN(Cc2ccccn2)[C@@H]2CCCO[C@@H]21.O=C(O)C(F)(F)F. The number of imidazole rings is 1. The molecular formula is C20H24F3N5O4. The topological polar surface area (TPSA) is 110 Å². The van der Waals surface area contributed by atoms with E-state index in [1.165, 1.54) is 0 Å². The Morgan fingerprint density at radius 1 is 1.28 bits per heavy atom. The molecule has 2 N–H and O–H groups in total. The first-order valence-electron chi connectivity index (χ1n) is 10.0. The molecule has 2 aromatic heterocycles. The van der Waals surface area contributed by atoms with Crippen molar-refractivity contribution in [2.45, 2.75) is 43.8 Å². The highest BCUT2D eigenvalue weighted by atomic mass is 19.4. The zero-order valence-corrected chi connectivity index (χ0v) is 17.3. The van der Waals surface area contributed by atoms with Gasteiger partial charge in [-0.25, -0.2) is 9.78 Å². The Labute approximate surface area is 182 Å². The number of rotatable bonds is 4. The molecule has 0 saturated carbocycles. The average Bonchev–Trinajstić information content (AvgIpc) is 3.33. The molecule has 12 heteroatoms. The zero-order valence-electron chi connectivity index (χ0n) is 17.3. The number of carbonyl (C=O) groups excluding carboxylic acids is 1. The highest BCUT2D eigenvalue weighted by Crippen LogP contribution is 2.30. The Hall–Kier alpha value is -2.99. The third kappa shape index (κ3) is 5.82. The lowest BCUT2D eigenvalue weighted by Gasteiger charge is -2.32. The summed E-state index contributed by atoms with van der Waals surface area (Å²) >= 11 is 0. The lowest BCUT2D eigenvalue weighted by Crippen LogP contribution is -2.48. The Morgan fingerprint density at radius 3 is 2.62 bits per heavy atom. The molecule has 4 rings (SSSR count). The number of halogens is 3. The summed E-state index contributed by atoms with van der Waals surface area (Å²) in [5, 5.41) is 10.3. The maximum atomic E-state index is 12.5. The third-order valence-corrected chi connectivity index (χ3v) is 5.31. The molecule has 0 bridgehead atoms. The first-order valence-corrected chi connectivity index (χ1v) is 10.0. The highest BCUT2D eigenvalue weighted by molar-refractivity contribution is 5.91. The van der Waals surface area contributed by atoms with Crippen LogP contribution in [0.4, 0.5) is 13.2 Å². The molecule has 2 aliphatic heterocycles. The van der Waals surface area contributed by atoms with E-state index >= 15 is 0 Å². The number of hydrogen-bond donors (Lipinski definition) is 2. The molecule has 2 fully saturated rings. The van der Waals surface area contributed by atoms with E-state index in [0.29, 0.717) is 11.9 Å². The van der Waals surface area contributed by atoms with E-state index in [1.54, 1.807) is 17.0 Å². The van der Waals surface area contributed by atoms with Crippen LogP contribution >= 0.6 is 0 Å². The maximum absolute atomic E-state index is 12.5. The van der Waals surface area contributed by atoms with E-state index in [2.05, 4.69) is 20.2 Å². The van der Waals surface area contributed by atoms with Crippen molar-refractivity contribution in [3.05, 3.63) is 48.3 Å². The van der Waals surface area contributed by atoms with Crippen LogP contribution < -0.4 is 5.32 Å². The number of carbonyl (C=O) groups is 2. The number of aromatic nitrogens is 3. The summed E-state index contributed by atoms with van der Waals surface area (Å²) in [5.41, 5.74) is 1.04. The number of fused-ring (bicyclic) bond motifs is 1. The second kappa shape index (κ2) is 10.1. The molecule has 0 aliphatic carbocycles. The van der Waals surface area contributed by atoms with Gasteiger partial charge in [0.1, 0.15) is 0 Å². The minimum Gasteiger partial charge on any atom is -0.475 e. The van der Waals surface area contributed by atoms with Crippen LogP contribution in [0.3, 0.4) is 0 Å². The number of ether oxygens (including phenoxy) is 1. The van der Waals surface area contributed by atoms with Crippen LogP contribution in [0.5, 0.6) is 0 Å². The summed E-state index contributed by atoms with van der Waals surface area (Å²) in [6.07, 6.45) is 2.32. The second-order valence-electron chi connectivity index (χ2n) is 7.54. The minimum atomic E-state index is -5.08. The van der Waals surface area contributed by atoms with Crippen LogP contribution in [0.1, 0.15) is 29.2 Å². The number of amides is 1. The van der Waals surface area contributed by atoms with Crippen LogP contribution in [-0.4, -0.2) is 73.9 Å². The van der Waals surface area contributed by atoms with Gasteiger partial charge in [0.2, 0.25) is 0 Å². The van der Waals surface area contributed by atoms with Crippen molar-refractivity contribution in [3.8, 4) is 0 Å². The third-order valence-electron chi connectivity index (χ3n) is 5.31. The monoisotopic (exact) mass is 455 g/mol. The van der Waals surface area contributed by atoms with Crippen molar-refractivity contribution in [1.29, 1.82) is 0 Å². The summed E-state index contributed by atoms with van der Waals surface area (Å²) in [7, 11) is 1.82. The van der Waals surface area contributed by atoms with Crippen molar-refractivity contribution >= 4 is 11.9 Å². The molecule has 0 unspecified atom stereocenters. The standard InChI is InChI=1S/C18H23N5O2.C2HF3O2/c1-22-9-8-20-17(22)18(24)21-14-12-23(11-13-5-2-3-7-19-13)15-6-4-10-25-16(14)15;3-2(4,5)1(6)7/h2-3,5,7-9,14-16H,4,6,10-12H2,1H3,(H,21,24);(H,6,7)/t14-,15-,16-;/m1./s1. The predicted molar refractivity (Wildman–Crippen MR) is 106 cm³/mol. The first-order chi connectivity index (χ1) is 15.2. The molecule has 2 aliphatic rings. The number of pyridine rings is 1. The minimum absolute atomic E-state index is 0.0293. The summed E-state index contributed by atoms with van der Waals surface area (Å²) < 4.78 is 39.5. The van der Waals surface area contributed by atoms with Gasteiger partial charge in [0.15, 0.2) is 5.82 Å². The molecule has 1 amide bonds. The molecule has 0 radical (unpaired) electrons.